The van der Waals surface area contributed by atoms with E-state index in [0.717, 1.165) is 22.6 Å². The van der Waals surface area contributed by atoms with Crippen LogP contribution in [0.15, 0.2) is 42.7 Å². The van der Waals surface area contributed by atoms with Gasteiger partial charge in [0.2, 0.25) is 0 Å². The number of aromatic nitrogens is 4. The largest absolute Gasteiger partial charge is 0.377 e. The van der Waals surface area contributed by atoms with Crippen molar-refractivity contribution in [1.29, 1.82) is 0 Å². The van der Waals surface area contributed by atoms with Crippen molar-refractivity contribution in [2.75, 3.05) is 19.8 Å². The fourth-order valence-corrected chi connectivity index (χ4v) is 3.74. The monoisotopic (exact) mass is 365 g/mol. The Morgan fingerprint density at radius 3 is 2.70 bits per heavy atom. The zero-order valence-corrected chi connectivity index (χ0v) is 15.8. The van der Waals surface area contributed by atoms with Crippen LogP contribution in [0.5, 0.6) is 0 Å². The summed E-state index contributed by atoms with van der Waals surface area (Å²) in [6.45, 7) is 5.59. The van der Waals surface area contributed by atoms with Crippen LogP contribution in [0.4, 0.5) is 0 Å². The highest BCUT2D eigenvalue weighted by Crippen LogP contribution is 2.31. The number of benzene rings is 1. The van der Waals surface area contributed by atoms with Crippen molar-refractivity contribution in [1.82, 2.24) is 24.5 Å². The van der Waals surface area contributed by atoms with Crippen LogP contribution in [0.2, 0.25) is 0 Å². The lowest BCUT2D eigenvalue weighted by atomic mass is 10.0. The van der Waals surface area contributed by atoms with Gasteiger partial charge in [-0.05, 0) is 26.0 Å². The van der Waals surface area contributed by atoms with Crippen LogP contribution in [0.3, 0.4) is 0 Å². The first-order valence-corrected chi connectivity index (χ1v) is 9.05. The number of amides is 1. The normalized spacial score (nSPS) is 17.3. The molecule has 0 radical (unpaired) electrons. The van der Waals surface area contributed by atoms with Gasteiger partial charge in [-0.15, -0.1) is 0 Å². The zero-order valence-electron chi connectivity index (χ0n) is 15.8. The van der Waals surface area contributed by atoms with E-state index in [0.29, 0.717) is 25.3 Å². The smallest absolute Gasteiger partial charge is 0.257 e. The van der Waals surface area contributed by atoms with Gasteiger partial charge in [-0.25, -0.2) is 4.68 Å². The minimum absolute atomic E-state index is 0.0253. The van der Waals surface area contributed by atoms with Gasteiger partial charge in [-0.1, -0.05) is 18.2 Å². The Kier molecular flexibility index (Phi) is 4.53. The molecule has 1 saturated heterocycles. The second kappa shape index (κ2) is 7.00. The number of para-hydroxylation sites is 1. The lowest BCUT2D eigenvalue weighted by molar-refractivity contribution is -0.00304. The number of hydrogen-bond acceptors (Lipinski definition) is 4. The average molecular weight is 365 g/mol. The summed E-state index contributed by atoms with van der Waals surface area (Å²) in [6.07, 6.45) is 3.37. The second-order valence-corrected chi connectivity index (χ2v) is 6.82. The highest BCUT2D eigenvalue weighted by atomic mass is 16.5. The number of aryl methyl sites for hydroxylation is 2. The topological polar surface area (TPSA) is 65.2 Å². The fourth-order valence-electron chi connectivity index (χ4n) is 3.74. The van der Waals surface area contributed by atoms with Crippen molar-refractivity contribution >= 4 is 5.91 Å². The van der Waals surface area contributed by atoms with E-state index in [-0.39, 0.29) is 11.9 Å². The van der Waals surface area contributed by atoms with Gasteiger partial charge >= 0.3 is 0 Å². The van der Waals surface area contributed by atoms with E-state index in [1.54, 1.807) is 17.1 Å². The lowest BCUT2D eigenvalue weighted by Crippen LogP contribution is -2.43. The number of ether oxygens (including phenoxy) is 1. The third-order valence-corrected chi connectivity index (χ3v) is 5.02. The predicted octanol–water partition coefficient (Wildman–Crippen LogP) is 2.44. The Hall–Kier alpha value is -2.93. The summed E-state index contributed by atoms with van der Waals surface area (Å²) >= 11 is 0. The molecule has 1 fully saturated rings. The Morgan fingerprint density at radius 1 is 1.22 bits per heavy atom. The molecule has 0 unspecified atom stereocenters. The van der Waals surface area contributed by atoms with E-state index < -0.39 is 0 Å². The molecule has 1 atom stereocenters. The van der Waals surface area contributed by atoms with Crippen LogP contribution in [-0.2, 0) is 11.8 Å². The number of morpholine rings is 1. The Morgan fingerprint density at radius 2 is 2.00 bits per heavy atom. The summed E-state index contributed by atoms with van der Waals surface area (Å²) in [6, 6.07) is 9.86. The molecule has 1 aromatic carbocycles. The molecule has 7 heteroatoms. The minimum Gasteiger partial charge on any atom is -0.377 e. The lowest BCUT2D eigenvalue weighted by Gasteiger charge is -2.35. The number of carbonyl (C=O) groups is 1. The predicted molar refractivity (Wildman–Crippen MR) is 101 cm³/mol. The number of rotatable bonds is 3. The zero-order chi connectivity index (χ0) is 19.0. The summed E-state index contributed by atoms with van der Waals surface area (Å²) in [5.41, 5.74) is 4.59. The molecule has 3 aromatic rings. The SMILES string of the molecule is Cc1nn(-c2ccccc2)c(C)c1[C@@H]1COCCN1C(=O)c1cnn(C)c1. The number of carbonyl (C=O) groups excluding carboxylic acids is 1. The average Bonchev–Trinajstić information content (AvgIpc) is 3.25. The maximum absolute atomic E-state index is 13.1. The molecule has 1 aliphatic rings. The Balaban J connectivity index is 1.72. The van der Waals surface area contributed by atoms with Gasteiger partial charge in [-0.3, -0.25) is 9.48 Å². The molecule has 2 aromatic heterocycles. The van der Waals surface area contributed by atoms with Gasteiger partial charge in [-0.2, -0.15) is 10.2 Å². The first kappa shape index (κ1) is 17.5. The third kappa shape index (κ3) is 3.14. The second-order valence-electron chi connectivity index (χ2n) is 6.82. The summed E-state index contributed by atoms with van der Waals surface area (Å²) in [7, 11) is 1.81. The van der Waals surface area contributed by atoms with E-state index >= 15 is 0 Å². The van der Waals surface area contributed by atoms with Crippen molar-refractivity contribution in [3.8, 4) is 5.69 Å². The highest BCUT2D eigenvalue weighted by Gasteiger charge is 2.33. The van der Waals surface area contributed by atoms with Crippen LogP contribution < -0.4 is 0 Å². The van der Waals surface area contributed by atoms with Crippen LogP contribution in [0.25, 0.3) is 5.69 Å². The molecule has 0 N–H and O–H groups in total. The van der Waals surface area contributed by atoms with Crippen molar-refractivity contribution in [2.45, 2.75) is 19.9 Å². The van der Waals surface area contributed by atoms with E-state index in [2.05, 4.69) is 5.10 Å². The Bertz CT molecular complexity index is 960. The number of hydrogen-bond donors (Lipinski definition) is 0. The van der Waals surface area contributed by atoms with Gasteiger partial charge in [0.15, 0.2) is 0 Å². The van der Waals surface area contributed by atoms with Gasteiger partial charge in [0.25, 0.3) is 5.91 Å². The van der Waals surface area contributed by atoms with Gasteiger partial charge in [0.1, 0.15) is 0 Å². The van der Waals surface area contributed by atoms with E-state index in [1.807, 2.05) is 60.8 Å². The first-order chi connectivity index (χ1) is 13.1. The maximum atomic E-state index is 13.1. The van der Waals surface area contributed by atoms with E-state index in [1.165, 1.54) is 0 Å². The number of nitrogens with zero attached hydrogens (tertiary/aromatic N) is 5. The van der Waals surface area contributed by atoms with Crippen LogP contribution in [-0.4, -0.2) is 50.1 Å². The van der Waals surface area contributed by atoms with Crippen LogP contribution >= 0.6 is 0 Å². The summed E-state index contributed by atoms with van der Waals surface area (Å²) in [5, 5.41) is 8.86. The summed E-state index contributed by atoms with van der Waals surface area (Å²) in [4.78, 5) is 15.0. The molecule has 0 aliphatic carbocycles. The summed E-state index contributed by atoms with van der Waals surface area (Å²) < 4.78 is 9.31. The molecule has 7 nitrogen and oxygen atoms in total. The molecule has 4 rings (SSSR count). The van der Waals surface area contributed by atoms with E-state index in [9.17, 15) is 4.79 Å². The van der Waals surface area contributed by atoms with Crippen molar-refractivity contribution in [3.63, 3.8) is 0 Å². The molecular weight excluding hydrogens is 342 g/mol. The molecular formula is C20H23N5O2. The maximum Gasteiger partial charge on any atom is 0.257 e. The van der Waals surface area contributed by atoms with Crippen molar-refractivity contribution in [3.05, 3.63) is 65.2 Å². The molecule has 3 heterocycles. The first-order valence-electron chi connectivity index (χ1n) is 9.05. The summed E-state index contributed by atoms with van der Waals surface area (Å²) in [5.74, 6) is -0.0253. The van der Waals surface area contributed by atoms with Crippen LogP contribution in [0.1, 0.15) is 33.4 Å². The van der Waals surface area contributed by atoms with Crippen molar-refractivity contribution in [2.24, 2.45) is 7.05 Å². The molecule has 27 heavy (non-hydrogen) atoms. The minimum atomic E-state index is -0.163. The third-order valence-electron chi connectivity index (χ3n) is 5.02. The van der Waals surface area contributed by atoms with Gasteiger partial charge < -0.3 is 9.64 Å². The van der Waals surface area contributed by atoms with Gasteiger partial charge in [0.05, 0.1) is 42.4 Å². The van der Waals surface area contributed by atoms with E-state index in [4.69, 9.17) is 9.84 Å². The van der Waals surface area contributed by atoms with Gasteiger partial charge in [0, 0.05) is 31.0 Å². The van der Waals surface area contributed by atoms with Crippen molar-refractivity contribution < 1.29 is 9.53 Å². The standard InChI is InChI=1S/C20H23N5O2/c1-14-19(15(2)25(22-14)17-7-5-4-6-8-17)18-13-27-10-9-24(18)20(26)16-11-21-23(3)12-16/h4-8,11-12,18H,9-10,13H2,1-3H3/t18-/m0/s1. The fraction of sp³-hybridized carbons (Fsp3) is 0.350. The highest BCUT2D eigenvalue weighted by molar-refractivity contribution is 5.94. The molecule has 1 aliphatic heterocycles. The molecule has 0 saturated carbocycles. The molecule has 0 bridgehead atoms. The quantitative estimate of drug-likeness (QED) is 0.715. The Labute approximate surface area is 158 Å². The molecule has 1 amide bonds. The van der Waals surface area contributed by atoms with Crippen LogP contribution in [0, 0.1) is 13.8 Å². The molecule has 0 spiro atoms. The molecule has 140 valence electrons.